The molecule has 5 nitrogen and oxygen atoms in total. The number of rotatable bonds is 7. The molecule has 0 spiro atoms. The molecule has 3 N–H and O–H groups in total. The van der Waals surface area contributed by atoms with E-state index in [2.05, 4.69) is 16.9 Å². The van der Waals surface area contributed by atoms with E-state index in [0.29, 0.717) is 11.7 Å². The minimum absolute atomic E-state index is 0.174. The third-order valence-electron chi connectivity index (χ3n) is 3.56. The standard InChI is InChI=1S/C13H24N2O3S2/c1-19-8-7-11(12(16)17)15-13(18)14-9-3-5-10(20-2)6-4-9/h9-11H,3-8H2,1-2H3,(H,16,17)(H2,14,15,18)/t9?,10?,11-/m1/s1. The minimum atomic E-state index is -0.972. The lowest BCUT2D eigenvalue weighted by molar-refractivity contribution is -0.139. The normalized spacial score (nSPS) is 23.9. The first-order valence-electron chi connectivity index (χ1n) is 6.88. The lowest BCUT2D eigenvalue weighted by atomic mass is 9.95. The van der Waals surface area contributed by atoms with E-state index in [4.69, 9.17) is 5.11 Å². The molecule has 0 radical (unpaired) electrons. The summed E-state index contributed by atoms with van der Waals surface area (Å²) in [7, 11) is 0. The number of carboxylic acids is 1. The summed E-state index contributed by atoms with van der Waals surface area (Å²) in [6, 6.07) is -0.982. The fourth-order valence-electron chi connectivity index (χ4n) is 2.32. The summed E-state index contributed by atoms with van der Waals surface area (Å²) >= 11 is 3.46. The first kappa shape index (κ1) is 17.5. The zero-order valence-corrected chi connectivity index (χ0v) is 13.7. The van der Waals surface area contributed by atoms with Crippen molar-refractivity contribution in [2.75, 3.05) is 18.3 Å². The SMILES string of the molecule is CSCC[C@@H](NC(=O)NC1CCC(SC)CC1)C(=O)O. The average molecular weight is 320 g/mol. The lowest BCUT2D eigenvalue weighted by Crippen LogP contribution is -2.50. The van der Waals surface area contributed by atoms with E-state index in [9.17, 15) is 9.59 Å². The van der Waals surface area contributed by atoms with Crippen molar-refractivity contribution in [1.29, 1.82) is 0 Å². The Bertz CT molecular complexity index is 321. The van der Waals surface area contributed by atoms with Crippen molar-refractivity contribution in [3.63, 3.8) is 0 Å². The molecule has 1 aliphatic carbocycles. The van der Waals surface area contributed by atoms with Gasteiger partial charge in [0.25, 0.3) is 0 Å². The van der Waals surface area contributed by atoms with Gasteiger partial charge < -0.3 is 15.7 Å². The molecule has 7 heteroatoms. The summed E-state index contributed by atoms with van der Waals surface area (Å²) in [6.45, 7) is 0. The molecular formula is C13H24N2O3S2. The number of carbonyl (C=O) groups excluding carboxylic acids is 1. The smallest absolute Gasteiger partial charge is 0.326 e. The van der Waals surface area contributed by atoms with Gasteiger partial charge in [-0.2, -0.15) is 23.5 Å². The fraction of sp³-hybridized carbons (Fsp3) is 0.846. The van der Waals surface area contributed by atoms with Crippen LogP contribution in [0.3, 0.4) is 0 Å². The lowest BCUT2D eigenvalue weighted by Gasteiger charge is -2.28. The van der Waals surface area contributed by atoms with Crippen LogP contribution in [-0.2, 0) is 4.79 Å². The van der Waals surface area contributed by atoms with E-state index in [-0.39, 0.29) is 12.1 Å². The highest BCUT2D eigenvalue weighted by Crippen LogP contribution is 2.26. The highest BCUT2D eigenvalue weighted by molar-refractivity contribution is 7.99. The molecule has 1 atom stereocenters. The monoisotopic (exact) mass is 320 g/mol. The van der Waals surface area contributed by atoms with Crippen molar-refractivity contribution in [2.45, 2.75) is 49.4 Å². The van der Waals surface area contributed by atoms with Crippen molar-refractivity contribution < 1.29 is 14.7 Å². The van der Waals surface area contributed by atoms with Crippen LogP contribution < -0.4 is 10.6 Å². The Labute approximate surface area is 129 Å². The van der Waals surface area contributed by atoms with Crippen LogP contribution in [0.15, 0.2) is 0 Å². The molecule has 1 rings (SSSR count). The molecule has 20 heavy (non-hydrogen) atoms. The third kappa shape index (κ3) is 6.26. The molecule has 1 aliphatic rings. The number of nitrogens with one attached hydrogen (secondary N) is 2. The van der Waals surface area contributed by atoms with E-state index < -0.39 is 12.0 Å². The number of amides is 2. The topological polar surface area (TPSA) is 78.4 Å². The molecule has 0 aliphatic heterocycles. The van der Waals surface area contributed by atoms with Gasteiger partial charge in [0.2, 0.25) is 0 Å². The molecular weight excluding hydrogens is 296 g/mol. The van der Waals surface area contributed by atoms with Gasteiger partial charge in [0.15, 0.2) is 0 Å². The fourth-order valence-corrected chi connectivity index (χ4v) is 3.54. The van der Waals surface area contributed by atoms with Gasteiger partial charge in [-0.15, -0.1) is 0 Å². The van der Waals surface area contributed by atoms with E-state index in [1.165, 1.54) is 0 Å². The van der Waals surface area contributed by atoms with Crippen molar-refractivity contribution in [1.82, 2.24) is 10.6 Å². The second-order valence-corrected chi connectivity index (χ2v) is 7.12. The first-order chi connectivity index (χ1) is 9.56. The molecule has 0 unspecified atom stereocenters. The maximum absolute atomic E-state index is 11.8. The zero-order chi connectivity index (χ0) is 15.0. The highest BCUT2D eigenvalue weighted by Gasteiger charge is 2.24. The molecule has 2 amide bonds. The second kappa shape index (κ2) is 9.39. The number of carboxylic acid groups (broad SMARTS) is 1. The maximum atomic E-state index is 11.8. The number of thioether (sulfide) groups is 2. The number of hydrogen-bond acceptors (Lipinski definition) is 4. The predicted molar refractivity (Wildman–Crippen MR) is 85.6 cm³/mol. The summed E-state index contributed by atoms with van der Waals surface area (Å²) in [6.07, 6.45) is 8.66. The Morgan fingerprint density at radius 3 is 2.40 bits per heavy atom. The highest BCUT2D eigenvalue weighted by atomic mass is 32.2. The predicted octanol–water partition coefficient (Wildman–Crippen LogP) is 2.17. The van der Waals surface area contributed by atoms with Gasteiger partial charge in [-0.05, 0) is 50.4 Å². The van der Waals surface area contributed by atoms with Crippen molar-refractivity contribution in [3.05, 3.63) is 0 Å². The molecule has 0 bridgehead atoms. The number of aliphatic carboxylic acids is 1. The molecule has 1 fully saturated rings. The Hall–Kier alpha value is -0.560. The summed E-state index contributed by atoms with van der Waals surface area (Å²) in [4.78, 5) is 22.9. The summed E-state index contributed by atoms with van der Waals surface area (Å²) in [5.74, 6) is -0.254. The van der Waals surface area contributed by atoms with Gasteiger partial charge in [-0.25, -0.2) is 9.59 Å². The molecule has 0 aromatic heterocycles. The Balaban J connectivity index is 2.32. The molecule has 0 saturated heterocycles. The van der Waals surface area contributed by atoms with Gasteiger partial charge in [0, 0.05) is 11.3 Å². The summed E-state index contributed by atoms with van der Waals surface area (Å²) in [5, 5.41) is 15.2. The van der Waals surface area contributed by atoms with Crippen molar-refractivity contribution >= 4 is 35.5 Å². The van der Waals surface area contributed by atoms with Crippen molar-refractivity contribution in [2.24, 2.45) is 0 Å². The molecule has 1 saturated carbocycles. The molecule has 0 aromatic rings. The number of hydrogen-bond donors (Lipinski definition) is 3. The van der Waals surface area contributed by atoms with Gasteiger partial charge in [-0.1, -0.05) is 0 Å². The minimum Gasteiger partial charge on any atom is -0.480 e. The quantitative estimate of drug-likeness (QED) is 0.670. The maximum Gasteiger partial charge on any atom is 0.326 e. The number of carbonyl (C=O) groups is 2. The van der Waals surface area contributed by atoms with Crippen LogP contribution in [0.25, 0.3) is 0 Å². The van der Waals surface area contributed by atoms with Crippen LogP contribution in [0.1, 0.15) is 32.1 Å². The van der Waals surface area contributed by atoms with Crippen LogP contribution in [-0.4, -0.2) is 52.7 Å². The summed E-state index contributed by atoms with van der Waals surface area (Å²) < 4.78 is 0. The Morgan fingerprint density at radius 2 is 1.90 bits per heavy atom. The zero-order valence-electron chi connectivity index (χ0n) is 12.1. The van der Waals surface area contributed by atoms with Crippen LogP contribution in [0, 0.1) is 0 Å². The molecule has 0 aromatic carbocycles. The van der Waals surface area contributed by atoms with Crippen LogP contribution in [0.5, 0.6) is 0 Å². The van der Waals surface area contributed by atoms with E-state index in [1.807, 2.05) is 18.0 Å². The van der Waals surface area contributed by atoms with Crippen LogP contribution >= 0.6 is 23.5 Å². The van der Waals surface area contributed by atoms with Crippen LogP contribution in [0.4, 0.5) is 4.79 Å². The van der Waals surface area contributed by atoms with Crippen molar-refractivity contribution in [3.8, 4) is 0 Å². The largest absolute Gasteiger partial charge is 0.480 e. The van der Waals surface area contributed by atoms with Gasteiger partial charge in [-0.3, -0.25) is 0 Å². The van der Waals surface area contributed by atoms with E-state index in [0.717, 1.165) is 31.4 Å². The third-order valence-corrected chi connectivity index (χ3v) is 5.34. The summed E-state index contributed by atoms with van der Waals surface area (Å²) in [5.41, 5.74) is 0. The molecule has 0 heterocycles. The Kier molecular flexibility index (Phi) is 8.21. The van der Waals surface area contributed by atoms with Gasteiger partial charge in [0.05, 0.1) is 0 Å². The molecule has 116 valence electrons. The van der Waals surface area contributed by atoms with E-state index >= 15 is 0 Å². The average Bonchev–Trinajstić information content (AvgIpc) is 2.44. The Morgan fingerprint density at radius 1 is 1.25 bits per heavy atom. The second-order valence-electron chi connectivity index (χ2n) is 5.00. The van der Waals surface area contributed by atoms with Crippen LogP contribution in [0.2, 0.25) is 0 Å². The number of urea groups is 1. The van der Waals surface area contributed by atoms with E-state index in [1.54, 1.807) is 11.8 Å². The van der Waals surface area contributed by atoms with Gasteiger partial charge in [0.1, 0.15) is 6.04 Å². The first-order valence-corrected chi connectivity index (χ1v) is 9.56. The van der Waals surface area contributed by atoms with Gasteiger partial charge >= 0.3 is 12.0 Å².